The van der Waals surface area contributed by atoms with Gasteiger partial charge in [-0.05, 0) is 36.8 Å². The number of hydrogen-bond acceptors (Lipinski definition) is 0. The molecule has 1 aliphatic rings. The molecule has 0 aromatic rings. The molecule has 0 bridgehead atoms. The standard InChI is InChI=1S/C11H16/c1-4-6-10-8-7-9(3)11(10)5-2/h4-6,9H,2,7-8H2,1,3H3/b6-4-/t9-/m1/s1. The molecule has 0 fully saturated rings. The smallest absolute Gasteiger partial charge is 0.0185 e. The van der Waals surface area contributed by atoms with Crippen LogP contribution in [-0.2, 0) is 0 Å². The lowest BCUT2D eigenvalue weighted by Gasteiger charge is -2.02. The van der Waals surface area contributed by atoms with E-state index >= 15 is 0 Å². The highest BCUT2D eigenvalue weighted by atomic mass is 14.2. The molecule has 1 rings (SSSR count). The molecule has 0 spiro atoms. The Bertz CT molecular complexity index is 206. The van der Waals surface area contributed by atoms with Crippen molar-refractivity contribution in [3.8, 4) is 0 Å². The third-order valence-electron chi connectivity index (χ3n) is 2.34. The molecule has 60 valence electrons. The Morgan fingerprint density at radius 1 is 1.55 bits per heavy atom. The van der Waals surface area contributed by atoms with Gasteiger partial charge in [-0.2, -0.15) is 0 Å². The Hall–Kier alpha value is -0.780. The van der Waals surface area contributed by atoms with Crippen molar-refractivity contribution in [2.24, 2.45) is 5.92 Å². The van der Waals surface area contributed by atoms with E-state index in [1.54, 1.807) is 0 Å². The molecule has 0 radical (unpaired) electrons. The van der Waals surface area contributed by atoms with Crippen molar-refractivity contribution in [1.82, 2.24) is 0 Å². The van der Waals surface area contributed by atoms with Crippen molar-refractivity contribution in [2.75, 3.05) is 0 Å². The monoisotopic (exact) mass is 148 g/mol. The second-order valence-corrected chi connectivity index (χ2v) is 3.12. The van der Waals surface area contributed by atoms with Crippen LogP contribution in [0.4, 0.5) is 0 Å². The van der Waals surface area contributed by atoms with Crippen molar-refractivity contribution in [3.63, 3.8) is 0 Å². The van der Waals surface area contributed by atoms with Gasteiger partial charge < -0.3 is 0 Å². The van der Waals surface area contributed by atoms with E-state index in [9.17, 15) is 0 Å². The average molecular weight is 148 g/mol. The third kappa shape index (κ3) is 1.62. The van der Waals surface area contributed by atoms with Gasteiger partial charge in [-0.1, -0.05) is 31.7 Å². The second-order valence-electron chi connectivity index (χ2n) is 3.12. The van der Waals surface area contributed by atoms with E-state index in [-0.39, 0.29) is 0 Å². The van der Waals surface area contributed by atoms with Crippen LogP contribution in [0.3, 0.4) is 0 Å². The quantitative estimate of drug-likeness (QED) is 0.562. The molecule has 0 unspecified atom stereocenters. The van der Waals surface area contributed by atoms with E-state index in [1.165, 1.54) is 24.0 Å². The van der Waals surface area contributed by atoms with Crippen LogP contribution in [0.1, 0.15) is 26.7 Å². The maximum absolute atomic E-state index is 3.83. The summed E-state index contributed by atoms with van der Waals surface area (Å²) in [6, 6.07) is 0. The number of allylic oxidation sites excluding steroid dienone is 5. The zero-order chi connectivity index (χ0) is 8.27. The first-order valence-electron chi connectivity index (χ1n) is 4.27. The number of hydrogen-bond donors (Lipinski definition) is 0. The molecular formula is C11H16. The third-order valence-corrected chi connectivity index (χ3v) is 2.34. The molecule has 0 saturated heterocycles. The topological polar surface area (TPSA) is 0 Å². The molecule has 0 amide bonds. The highest BCUT2D eigenvalue weighted by Gasteiger charge is 2.16. The van der Waals surface area contributed by atoms with Gasteiger partial charge in [0.25, 0.3) is 0 Å². The highest BCUT2D eigenvalue weighted by molar-refractivity contribution is 5.37. The van der Waals surface area contributed by atoms with Crippen LogP contribution in [0.5, 0.6) is 0 Å². The summed E-state index contributed by atoms with van der Waals surface area (Å²) in [4.78, 5) is 0. The number of rotatable bonds is 2. The minimum Gasteiger partial charge on any atom is -0.0988 e. The van der Waals surface area contributed by atoms with Crippen molar-refractivity contribution in [3.05, 3.63) is 36.0 Å². The SMILES string of the molecule is C=CC1=C(/C=C\C)CC[C@H]1C. The molecule has 1 aliphatic carbocycles. The molecule has 0 aromatic heterocycles. The predicted octanol–water partition coefficient (Wildman–Crippen LogP) is 3.48. The van der Waals surface area contributed by atoms with Gasteiger partial charge in [0.2, 0.25) is 0 Å². The lowest BCUT2D eigenvalue weighted by molar-refractivity contribution is 0.680. The van der Waals surface area contributed by atoms with Gasteiger partial charge in [0, 0.05) is 0 Å². The second kappa shape index (κ2) is 3.56. The van der Waals surface area contributed by atoms with Crippen LogP contribution in [0.2, 0.25) is 0 Å². The first-order valence-corrected chi connectivity index (χ1v) is 4.27. The molecule has 11 heavy (non-hydrogen) atoms. The average Bonchev–Trinajstić information content (AvgIpc) is 2.33. The van der Waals surface area contributed by atoms with E-state index in [0.29, 0.717) is 0 Å². The van der Waals surface area contributed by atoms with Crippen LogP contribution in [-0.4, -0.2) is 0 Å². The fourth-order valence-electron chi connectivity index (χ4n) is 1.70. The van der Waals surface area contributed by atoms with Crippen LogP contribution >= 0.6 is 0 Å². The largest absolute Gasteiger partial charge is 0.0988 e. The normalized spacial score (nSPS) is 25.1. The van der Waals surface area contributed by atoms with E-state index < -0.39 is 0 Å². The van der Waals surface area contributed by atoms with E-state index in [2.05, 4.69) is 32.6 Å². The summed E-state index contributed by atoms with van der Waals surface area (Å²) < 4.78 is 0. The fraction of sp³-hybridized carbons (Fsp3) is 0.455. The maximum atomic E-state index is 3.83. The van der Waals surface area contributed by atoms with Gasteiger partial charge in [-0.25, -0.2) is 0 Å². The lowest BCUT2D eigenvalue weighted by atomic mass is 10.0. The summed E-state index contributed by atoms with van der Waals surface area (Å²) in [6.07, 6.45) is 8.85. The first kappa shape index (κ1) is 8.32. The predicted molar refractivity (Wildman–Crippen MR) is 50.4 cm³/mol. The zero-order valence-corrected chi connectivity index (χ0v) is 7.43. The van der Waals surface area contributed by atoms with Crippen LogP contribution in [0.15, 0.2) is 36.0 Å². The molecule has 0 heteroatoms. The summed E-state index contributed by atoms with van der Waals surface area (Å²) in [5, 5.41) is 0. The molecule has 0 aliphatic heterocycles. The Labute approximate surface area is 69.3 Å². The lowest BCUT2D eigenvalue weighted by Crippen LogP contribution is -1.88. The van der Waals surface area contributed by atoms with E-state index in [0.717, 1.165) is 5.92 Å². The van der Waals surface area contributed by atoms with Gasteiger partial charge >= 0.3 is 0 Å². The summed E-state index contributed by atoms with van der Waals surface area (Å²) in [5.41, 5.74) is 2.93. The molecule has 0 aromatic carbocycles. The molecule has 0 N–H and O–H groups in total. The van der Waals surface area contributed by atoms with Crippen molar-refractivity contribution >= 4 is 0 Å². The Morgan fingerprint density at radius 3 is 2.82 bits per heavy atom. The Balaban J connectivity index is 2.88. The summed E-state index contributed by atoms with van der Waals surface area (Å²) >= 11 is 0. The summed E-state index contributed by atoms with van der Waals surface area (Å²) in [6.45, 7) is 8.17. The van der Waals surface area contributed by atoms with Crippen LogP contribution < -0.4 is 0 Å². The minimum atomic E-state index is 0.721. The Morgan fingerprint density at radius 2 is 2.27 bits per heavy atom. The zero-order valence-electron chi connectivity index (χ0n) is 7.43. The van der Waals surface area contributed by atoms with E-state index in [4.69, 9.17) is 0 Å². The highest BCUT2D eigenvalue weighted by Crippen LogP contribution is 2.32. The summed E-state index contributed by atoms with van der Waals surface area (Å²) in [7, 11) is 0. The van der Waals surface area contributed by atoms with Gasteiger partial charge in [0.05, 0.1) is 0 Å². The van der Waals surface area contributed by atoms with Crippen molar-refractivity contribution < 1.29 is 0 Å². The van der Waals surface area contributed by atoms with Gasteiger partial charge in [-0.3, -0.25) is 0 Å². The van der Waals surface area contributed by atoms with Crippen molar-refractivity contribution in [1.29, 1.82) is 0 Å². The van der Waals surface area contributed by atoms with Gasteiger partial charge in [0.1, 0.15) is 0 Å². The van der Waals surface area contributed by atoms with Gasteiger partial charge in [0.15, 0.2) is 0 Å². The molecule has 1 atom stereocenters. The maximum Gasteiger partial charge on any atom is -0.0185 e. The molecular weight excluding hydrogens is 132 g/mol. The molecule has 0 heterocycles. The minimum absolute atomic E-state index is 0.721. The molecule has 0 nitrogen and oxygen atoms in total. The fourth-order valence-corrected chi connectivity index (χ4v) is 1.70. The van der Waals surface area contributed by atoms with E-state index in [1.807, 2.05) is 6.08 Å². The van der Waals surface area contributed by atoms with Crippen LogP contribution in [0.25, 0.3) is 0 Å². The van der Waals surface area contributed by atoms with Crippen LogP contribution in [0, 0.1) is 5.92 Å². The van der Waals surface area contributed by atoms with Crippen molar-refractivity contribution in [2.45, 2.75) is 26.7 Å². The Kier molecular flexibility index (Phi) is 2.70. The van der Waals surface area contributed by atoms with Gasteiger partial charge in [-0.15, -0.1) is 0 Å². The molecule has 0 saturated carbocycles. The first-order chi connectivity index (χ1) is 5.29. The summed E-state index contributed by atoms with van der Waals surface area (Å²) in [5.74, 6) is 0.721.